The van der Waals surface area contributed by atoms with Crippen molar-refractivity contribution in [2.45, 2.75) is 34.7 Å². The number of carboxylic acid groups (broad SMARTS) is 2. The first kappa shape index (κ1) is 38.9. The van der Waals surface area contributed by atoms with Gasteiger partial charge < -0.3 is 19.8 Å². The number of ketones is 1. The molecule has 0 aromatic heterocycles. The second-order valence-corrected chi connectivity index (χ2v) is 13.7. The van der Waals surface area contributed by atoms with Gasteiger partial charge in [0.05, 0.1) is 33.8 Å². The molecule has 206 valence electrons. The predicted molar refractivity (Wildman–Crippen MR) is 140 cm³/mol. The Morgan fingerprint density at radius 1 is 0.725 bits per heavy atom. The van der Waals surface area contributed by atoms with Crippen LogP contribution in [0.4, 0.5) is 0 Å². The van der Waals surface area contributed by atoms with Crippen LogP contribution < -0.4 is 122 Å². The van der Waals surface area contributed by atoms with E-state index in [4.69, 9.17) is 0 Å². The van der Waals surface area contributed by atoms with Crippen molar-refractivity contribution in [1.29, 1.82) is 0 Å². The molecule has 0 heterocycles. The molecule has 0 saturated carbocycles. The van der Waals surface area contributed by atoms with Gasteiger partial charge in [0.15, 0.2) is 5.78 Å². The van der Waals surface area contributed by atoms with Gasteiger partial charge >= 0.3 is 103 Å². The van der Waals surface area contributed by atoms with Crippen molar-refractivity contribution in [2.24, 2.45) is 0 Å². The van der Waals surface area contributed by atoms with Gasteiger partial charge in [-0.1, -0.05) is 12.1 Å². The number of hydrogen-bond donors (Lipinski definition) is 2. The molecule has 0 bridgehead atoms. The van der Waals surface area contributed by atoms with Crippen LogP contribution in [0.5, 0.6) is 0 Å². The summed E-state index contributed by atoms with van der Waals surface area (Å²) in [5.74, 6) is -3.05. The van der Waals surface area contributed by atoms with Crippen molar-refractivity contribution < 1.29 is 144 Å². The first-order valence-electron chi connectivity index (χ1n) is 11.1. The molecule has 0 saturated heterocycles. The third kappa shape index (κ3) is 9.42. The summed E-state index contributed by atoms with van der Waals surface area (Å²) in [4.78, 5) is 35.2. The van der Waals surface area contributed by atoms with E-state index in [1.165, 1.54) is 47.8 Å². The van der Waals surface area contributed by atoms with E-state index in [0.29, 0.717) is 22.6 Å². The van der Waals surface area contributed by atoms with Gasteiger partial charge in [0, 0.05) is 11.1 Å². The SMILES string of the molecule is CSCCC(NS(=O)(=O)c1ccc2c(c1)C(=O)c1cc(S(=O)(=O)NC(CCSC)C(=O)[O-])ccc1-2)C(=O)[O-].[K+].[K+]. The molecule has 0 amide bonds. The van der Waals surface area contributed by atoms with Crippen LogP contribution in [0.15, 0.2) is 46.2 Å². The molecule has 0 fully saturated rings. The number of hydrogen-bond acceptors (Lipinski definition) is 11. The Bertz CT molecular complexity index is 1380. The minimum atomic E-state index is -4.33. The van der Waals surface area contributed by atoms with Crippen LogP contribution in [-0.4, -0.2) is 70.7 Å². The van der Waals surface area contributed by atoms with E-state index >= 15 is 0 Å². The average molecular weight is 679 g/mol. The second kappa shape index (κ2) is 16.8. The maximum atomic E-state index is 13.1. The Morgan fingerprint density at radius 2 is 1.07 bits per heavy atom. The molecule has 2 unspecified atom stereocenters. The predicted octanol–water partition coefficient (Wildman–Crippen LogP) is -6.79. The van der Waals surface area contributed by atoms with Crippen molar-refractivity contribution in [1.82, 2.24) is 9.44 Å². The summed E-state index contributed by atoms with van der Waals surface area (Å²) in [5.41, 5.74) is 0.721. The van der Waals surface area contributed by atoms with E-state index in [-0.39, 0.29) is 137 Å². The molecule has 40 heavy (non-hydrogen) atoms. The molecule has 2 aromatic carbocycles. The van der Waals surface area contributed by atoms with Crippen LogP contribution in [0.1, 0.15) is 28.8 Å². The van der Waals surface area contributed by atoms with Gasteiger partial charge in [-0.05, 0) is 72.3 Å². The van der Waals surface area contributed by atoms with Gasteiger partial charge in [0.25, 0.3) is 0 Å². The van der Waals surface area contributed by atoms with E-state index in [9.17, 15) is 41.4 Å². The van der Waals surface area contributed by atoms with Gasteiger partial charge in [-0.3, -0.25) is 4.79 Å². The molecular weight excluding hydrogens is 655 g/mol. The number of nitrogens with one attached hydrogen (secondary N) is 2. The minimum Gasteiger partial charge on any atom is -0.548 e. The molecule has 1 aliphatic carbocycles. The van der Waals surface area contributed by atoms with E-state index in [1.54, 1.807) is 12.5 Å². The quantitative estimate of drug-likeness (QED) is 0.154. The molecular formula is C23H24K2N2O9S4. The zero-order valence-corrected chi connectivity index (χ0v) is 31.8. The minimum absolute atomic E-state index is 0. The van der Waals surface area contributed by atoms with Crippen LogP contribution in [-0.2, 0) is 29.6 Å². The molecule has 2 aromatic rings. The number of carbonyl (C=O) groups is 3. The topological polar surface area (TPSA) is 190 Å². The zero-order chi connectivity index (χ0) is 28.3. The summed E-state index contributed by atoms with van der Waals surface area (Å²) in [7, 11) is -8.66. The Hall–Kier alpha value is 0.843. The maximum Gasteiger partial charge on any atom is 1.00 e. The third-order valence-corrected chi connectivity index (χ3v) is 9.99. The number of fused-ring (bicyclic) bond motifs is 3. The third-order valence-electron chi connectivity index (χ3n) is 5.77. The Labute approximate surface area is 326 Å². The van der Waals surface area contributed by atoms with Crippen LogP contribution in [0.25, 0.3) is 11.1 Å². The van der Waals surface area contributed by atoms with Crippen LogP contribution in [0.3, 0.4) is 0 Å². The summed E-state index contributed by atoms with van der Waals surface area (Å²) >= 11 is 2.68. The smallest absolute Gasteiger partial charge is 0.548 e. The van der Waals surface area contributed by atoms with Crippen molar-refractivity contribution in [3.8, 4) is 11.1 Å². The number of rotatable bonds is 14. The van der Waals surface area contributed by atoms with E-state index in [1.807, 2.05) is 0 Å². The van der Waals surface area contributed by atoms with E-state index in [2.05, 4.69) is 9.44 Å². The van der Waals surface area contributed by atoms with Gasteiger partial charge in [-0.2, -0.15) is 23.5 Å². The van der Waals surface area contributed by atoms with Gasteiger partial charge in [-0.15, -0.1) is 0 Å². The fourth-order valence-corrected chi connectivity index (χ4v) is 7.24. The van der Waals surface area contributed by atoms with Crippen molar-refractivity contribution in [2.75, 3.05) is 24.0 Å². The van der Waals surface area contributed by atoms with Gasteiger partial charge in [0.1, 0.15) is 0 Å². The molecule has 2 N–H and O–H groups in total. The molecule has 17 heteroatoms. The summed E-state index contributed by atoms with van der Waals surface area (Å²) < 4.78 is 55.6. The average Bonchev–Trinajstić information content (AvgIpc) is 3.14. The Morgan fingerprint density at radius 3 is 1.38 bits per heavy atom. The molecule has 0 radical (unpaired) electrons. The Balaban J connectivity index is 0.00000400. The van der Waals surface area contributed by atoms with Crippen molar-refractivity contribution >= 4 is 61.3 Å². The Kier molecular flexibility index (Phi) is 16.3. The monoisotopic (exact) mass is 678 g/mol. The van der Waals surface area contributed by atoms with Crippen LogP contribution in [0, 0.1) is 0 Å². The molecule has 0 spiro atoms. The van der Waals surface area contributed by atoms with Gasteiger partial charge in [0.2, 0.25) is 20.0 Å². The van der Waals surface area contributed by atoms with Crippen molar-refractivity contribution in [3.05, 3.63) is 47.5 Å². The first-order valence-corrected chi connectivity index (χ1v) is 16.8. The fraction of sp³-hybridized carbons (Fsp3) is 0.348. The summed E-state index contributed by atoms with van der Waals surface area (Å²) in [5, 5.41) is 22.8. The molecule has 3 rings (SSSR count). The van der Waals surface area contributed by atoms with Crippen LogP contribution >= 0.6 is 23.5 Å². The number of carbonyl (C=O) groups excluding carboxylic acids is 3. The van der Waals surface area contributed by atoms with Crippen molar-refractivity contribution in [3.63, 3.8) is 0 Å². The van der Waals surface area contributed by atoms with E-state index in [0.717, 1.165) is 12.1 Å². The summed E-state index contributed by atoms with van der Waals surface area (Å²) in [6.07, 6.45) is 3.48. The first-order chi connectivity index (χ1) is 17.8. The number of aliphatic carboxylic acids is 2. The number of sulfonamides is 2. The number of benzene rings is 2. The molecule has 11 nitrogen and oxygen atoms in total. The number of thioether (sulfide) groups is 2. The summed E-state index contributed by atoms with van der Waals surface area (Å²) in [6, 6.07) is 4.46. The standard InChI is InChI=1S/C23H26N2O9S4.2K/c1-35-9-7-19(22(27)28)24-37(31,32)13-3-5-15-16-6-4-14(12-18(16)21(26)17(15)11-13)38(33,34)25-20(23(29)30)8-10-36-2;;/h3-6,11-12,19-20,24-25H,7-10H2,1-2H3,(H,27,28)(H,29,30);;/q;2*+1/p-2. The molecule has 1 aliphatic rings. The second-order valence-electron chi connectivity index (χ2n) is 8.29. The van der Waals surface area contributed by atoms with Gasteiger partial charge in [-0.25, -0.2) is 26.3 Å². The van der Waals surface area contributed by atoms with Crippen LogP contribution in [0.2, 0.25) is 0 Å². The largest absolute Gasteiger partial charge is 1.00 e. The fourth-order valence-electron chi connectivity index (χ4n) is 3.80. The summed E-state index contributed by atoms with van der Waals surface area (Å²) in [6.45, 7) is 0. The molecule has 0 aliphatic heterocycles. The normalized spacial score (nSPS) is 13.8. The molecule has 2 atom stereocenters. The zero-order valence-electron chi connectivity index (χ0n) is 22.3. The maximum absolute atomic E-state index is 13.1. The van der Waals surface area contributed by atoms with E-state index < -0.39 is 49.9 Å². The number of carboxylic acids is 2.